The Balaban J connectivity index is 2.50. The van der Waals surface area contributed by atoms with E-state index in [0.717, 1.165) is 11.1 Å². The van der Waals surface area contributed by atoms with E-state index in [1.165, 1.54) is 5.41 Å². The first-order chi connectivity index (χ1) is 9.50. The third-order valence-electron chi connectivity index (χ3n) is 3.08. The summed E-state index contributed by atoms with van der Waals surface area (Å²) in [5.41, 5.74) is 1.77. The molecular formula is C17H18O2S. The molecule has 3 heteroatoms. The Morgan fingerprint density at radius 2 is 1.40 bits per heavy atom. The summed E-state index contributed by atoms with van der Waals surface area (Å²) in [5, 5.41) is 1.39. The van der Waals surface area contributed by atoms with Crippen molar-refractivity contribution in [1.29, 1.82) is 0 Å². The average molecular weight is 286 g/mol. The normalized spacial score (nSPS) is 12.7. The maximum absolute atomic E-state index is 12.4. The number of benzene rings is 2. The maximum atomic E-state index is 12.4. The standard InChI is InChI=1S/C17H18O2S/c1-14(2)17(15-9-5-3-6-10-15)13-20(18,19)16-11-7-4-8-12-16/h3-14H,1-2H3/b17-13-. The molecule has 0 aliphatic heterocycles. The van der Waals surface area contributed by atoms with E-state index in [1.807, 2.05) is 50.2 Å². The Morgan fingerprint density at radius 3 is 1.90 bits per heavy atom. The molecule has 0 atom stereocenters. The number of rotatable bonds is 4. The van der Waals surface area contributed by atoms with Crippen molar-refractivity contribution in [2.24, 2.45) is 5.92 Å². The zero-order chi connectivity index (χ0) is 14.6. The van der Waals surface area contributed by atoms with Crippen LogP contribution in [0, 0.1) is 5.92 Å². The number of hydrogen-bond donors (Lipinski definition) is 0. The largest absolute Gasteiger partial charge is 0.219 e. The molecule has 20 heavy (non-hydrogen) atoms. The van der Waals surface area contributed by atoms with Crippen LogP contribution >= 0.6 is 0 Å². The maximum Gasteiger partial charge on any atom is 0.200 e. The molecular weight excluding hydrogens is 268 g/mol. The monoisotopic (exact) mass is 286 g/mol. The van der Waals surface area contributed by atoms with Gasteiger partial charge in [-0.05, 0) is 29.2 Å². The highest BCUT2D eigenvalue weighted by atomic mass is 32.2. The summed E-state index contributed by atoms with van der Waals surface area (Å²) in [6.45, 7) is 4.00. The second kappa shape index (κ2) is 6.06. The van der Waals surface area contributed by atoms with Gasteiger partial charge >= 0.3 is 0 Å². The van der Waals surface area contributed by atoms with Gasteiger partial charge in [-0.25, -0.2) is 8.42 Å². The molecule has 104 valence electrons. The van der Waals surface area contributed by atoms with Crippen LogP contribution in [0.3, 0.4) is 0 Å². The van der Waals surface area contributed by atoms with Crippen LogP contribution in [-0.4, -0.2) is 8.42 Å². The molecule has 2 rings (SSSR count). The average Bonchev–Trinajstić information content (AvgIpc) is 2.46. The van der Waals surface area contributed by atoms with Crippen LogP contribution in [0.4, 0.5) is 0 Å². The van der Waals surface area contributed by atoms with Crippen molar-refractivity contribution in [3.63, 3.8) is 0 Å². The van der Waals surface area contributed by atoms with E-state index < -0.39 is 9.84 Å². The van der Waals surface area contributed by atoms with Crippen molar-refractivity contribution >= 4 is 15.4 Å². The Morgan fingerprint density at radius 1 is 0.900 bits per heavy atom. The quantitative estimate of drug-likeness (QED) is 0.846. The smallest absolute Gasteiger partial charge is 0.200 e. The first-order valence-electron chi connectivity index (χ1n) is 6.58. The lowest BCUT2D eigenvalue weighted by Crippen LogP contribution is -2.01. The fourth-order valence-electron chi connectivity index (χ4n) is 2.01. The Bertz CT molecular complexity index is 684. The molecule has 0 unspecified atom stereocenters. The molecule has 0 amide bonds. The minimum absolute atomic E-state index is 0.135. The summed E-state index contributed by atoms with van der Waals surface area (Å²) in [6, 6.07) is 18.1. The number of hydrogen-bond acceptors (Lipinski definition) is 2. The van der Waals surface area contributed by atoms with E-state index >= 15 is 0 Å². The van der Waals surface area contributed by atoms with Crippen molar-refractivity contribution in [2.45, 2.75) is 18.7 Å². The lowest BCUT2D eigenvalue weighted by molar-refractivity contribution is 0.604. The van der Waals surface area contributed by atoms with Gasteiger partial charge in [0.2, 0.25) is 0 Å². The molecule has 2 aromatic carbocycles. The van der Waals surface area contributed by atoms with Gasteiger partial charge in [-0.1, -0.05) is 62.4 Å². The molecule has 0 aromatic heterocycles. The molecule has 0 heterocycles. The fourth-order valence-corrected chi connectivity index (χ4v) is 3.43. The predicted molar refractivity (Wildman–Crippen MR) is 82.9 cm³/mol. The molecule has 2 nitrogen and oxygen atoms in total. The molecule has 2 aromatic rings. The third kappa shape index (κ3) is 3.36. The van der Waals surface area contributed by atoms with Gasteiger partial charge in [0.15, 0.2) is 9.84 Å². The summed E-state index contributed by atoms with van der Waals surface area (Å²) < 4.78 is 24.9. The van der Waals surface area contributed by atoms with E-state index in [9.17, 15) is 8.42 Å². The van der Waals surface area contributed by atoms with E-state index in [2.05, 4.69) is 0 Å². The fraction of sp³-hybridized carbons (Fsp3) is 0.176. The molecule has 0 aliphatic carbocycles. The van der Waals surface area contributed by atoms with E-state index in [0.29, 0.717) is 4.90 Å². The predicted octanol–water partition coefficient (Wildman–Crippen LogP) is 4.16. The van der Waals surface area contributed by atoms with Crippen LogP contribution in [0.25, 0.3) is 5.57 Å². The lowest BCUT2D eigenvalue weighted by atomic mass is 9.97. The Hall–Kier alpha value is -1.87. The molecule has 0 saturated heterocycles. The molecule has 0 bridgehead atoms. The zero-order valence-corrected chi connectivity index (χ0v) is 12.5. The van der Waals surface area contributed by atoms with Gasteiger partial charge in [0.05, 0.1) is 4.90 Å². The van der Waals surface area contributed by atoms with Crippen molar-refractivity contribution in [1.82, 2.24) is 0 Å². The summed E-state index contributed by atoms with van der Waals surface area (Å²) >= 11 is 0. The van der Waals surface area contributed by atoms with Gasteiger partial charge < -0.3 is 0 Å². The van der Waals surface area contributed by atoms with Gasteiger partial charge in [0, 0.05) is 5.41 Å². The van der Waals surface area contributed by atoms with E-state index in [1.54, 1.807) is 24.3 Å². The highest BCUT2D eigenvalue weighted by molar-refractivity contribution is 7.94. The van der Waals surface area contributed by atoms with E-state index in [-0.39, 0.29) is 5.92 Å². The minimum Gasteiger partial charge on any atom is -0.219 e. The SMILES string of the molecule is CC(C)/C(=C/S(=O)(=O)c1ccccc1)c1ccccc1. The Labute approximate surface area is 120 Å². The summed E-state index contributed by atoms with van der Waals surface area (Å²) in [4.78, 5) is 0.328. The van der Waals surface area contributed by atoms with Crippen LogP contribution < -0.4 is 0 Å². The van der Waals surface area contributed by atoms with Gasteiger partial charge in [-0.3, -0.25) is 0 Å². The van der Waals surface area contributed by atoms with Crippen molar-refractivity contribution < 1.29 is 8.42 Å². The number of sulfone groups is 1. The van der Waals surface area contributed by atoms with Gasteiger partial charge in [0.1, 0.15) is 0 Å². The van der Waals surface area contributed by atoms with Crippen LogP contribution in [0.2, 0.25) is 0 Å². The van der Waals surface area contributed by atoms with Gasteiger partial charge in [-0.15, -0.1) is 0 Å². The highest BCUT2D eigenvalue weighted by Crippen LogP contribution is 2.26. The second-order valence-corrected chi connectivity index (χ2v) is 6.75. The second-order valence-electron chi connectivity index (χ2n) is 4.95. The van der Waals surface area contributed by atoms with Crippen molar-refractivity contribution in [3.8, 4) is 0 Å². The van der Waals surface area contributed by atoms with Crippen molar-refractivity contribution in [2.75, 3.05) is 0 Å². The molecule has 0 radical (unpaired) electrons. The van der Waals surface area contributed by atoms with Crippen LogP contribution in [-0.2, 0) is 9.84 Å². The first kappa shape index (κ1) is 14.5. The van der Waals surface area contributed by atoms with Crippen LogP contribution in [0.5, 0.6) is 0 Å². The number of allylic oxidation sites excluding steroid dienone is 1. The molecule has 0 spiro atoms. The molecule has 0 fully saturated rings. The zero-order valence-electron chi connectivity index (χ0n) is 11.7. The first-order valence-corrected chi connectivity index (χ1v) is 8.12. The lowest BCUT2D eigenvalue weighted by Gasteiger charge is -2.12. The molecule has 0 N–H and O–H groups in total. The molecule has 0 saturated carbocycles. The summed E-state index contributed by atoms with van der Waals surface area (Å²) in [7, 11) is -3.41. The third-order valence-corrected chi connectivity index (χ3v) is 4.58. The minimum atomic E-state index is -3.41. The summed E-state index contributed by atoms with van der Waals surface area (Å²) in [5.74, 6) is 0.135. The van der Waals surface area contributed by atoms with Gasteiger partial charge in [0.25, 0.3) is 0 Å². The summed E-state index contributed by atoms with van der Waals surface area (Å²) in [6.07, 6.45) is 0. The van der Waals surface area contributed by atoms with Crippen LogP contribution in [0.1, 0.15) is 19.4 Å². The van der Waals surface area contributed by atoms with Gasteiger partial charge in [-0.2, -0.15) is 0 Å². The highest BCUT2D eigenvalue weighted by Gasteiger charge is 2.15. The molecule has 0 aliphatic rings. The Kier molecular flexibility index (Phi) is 4.40. The van der Waals surface area contributed by atoms with E-state index in [4.69, 9.17) is 0 Å². The van der Waals surface area contributed by atoms with Crippen LogP contribution in [0.15, 0.2) is 71.0 Å². The topological polar surface area (TPSA) is 34.1 Å². The van der Waals surface area contributed by atoms with Crippen molar-refractivity contribution in [3.05, 3.63) is 71.6 Å².